The van der Waals surface area contributed by atoms with Crippen molar-refractivity contribution < 1.29 is 68.8 Å². The van der Waals surface area contributed by atoms with E-state index in [9.17, 15) is 39.5 Å². The molecule has 0 spiro atoms. The standard InChI is InChI=1S/C18BF15O.C12H19N2.Sb/c20-4-1(5(21)11(27)16(32)10(4)26)19(35,2-6(22)12(28)17(33)13(29)7(2)23)3-8(24)14(30)18(34)15(31)9(3)25;1-13(2)9-11-6-5-7-12(8-11)10-14(3)4;/h;5-7H,9-10H2,1-4H3;/q-2;;+1. The van der Waals surface area contributed by atoms with E-state index in [4.69, 9.17) is 2.93 Å². The predicted octanol–water partition coefficient (Wildman–Crippen LogP) is 4.82. The summed E-state index contributed by atoms with van der Waals surface area (Å²) in [7, 11) is 6.11. The third kappa shape index (κ3) is 6.45. The van der Waals surface area contributed by atoms with E-state index in [-0.39, 0.29) is 27.7 Å². The van der Waals surface area contributed by atoms with Crippen molar-refractivity contribution in [1.29, 1.82) is 0 Å². The van der Waals surface area contributed by atoms with Crippen LogP contribution in [0.25, 0.3) is 0 Å². The maximum atomic E-state index is 15.8. The van der Waals surface area contributed by atoms with Crippen LogP contribution in [0.3, 0.4) is 0 Å². The van der Waals surface area contributed by atoms with Crippen molar-refractivity contribution in [2.45, 2.75) is 13.1 Å². The summed E-state index contributed by atoms with van der Waals surface area (Å²) in [6.45, 7) is -0.104. The Bertz CT molecular complexity index is 1730. The van der Waals surface area contributed by atoms with E-state index >= 15 is 26.3 Å². The van der Waals surface area contributed by atoms with Crippen LogP contribution in [0.1, 0.15) is 11.1 Å². The summed E-state index contributed by atoms with van der Waals surface area (Å²) in [5.41, 5.74) is -7.95. The van der Waals surface area contributed by atoms with Crippen LogP contribution in [-0.2, 0) is 16.0 Å². The zero-order valence-electron chi connectivity index (χ0n) is 25.6. The Hall–Kier alpha value is -3.41. The van der Waals surface area contributed by atoms with Gasteiger partial charge in [0.2, 0.25) is 0 Å². The molecule has 4 aromatic rings. The number of hydrogen-bond donors (Lipinski definition) is 0. The van der Waals surface area contributed by atoms with E-state index in [0.717, 1.165) is 0 Å². The van der Waals surface area contributed by atoms with Crippen LogP contribution < -0.4 is 19.9 Å². The van der Waals surface area contributed by atoms with Gasteiger partial charge in [0, 0.05) is 0 Å². The number of nitrogens with zero attached hydrogens (tertiary/aromatic N) is 2. The Labute approximate surface area is 284 Å². The zero-order chi connectivity index (χ0) is 37.7. The minimum absolute atomic E-state index is 0.0522. The molecule has 20 heteroatoms. The fraction of sp³-hybridized carbons (Fsp3) is 0.200. The molecular formula is C30H19BF15N2OSb-. The molecule has 0 aliphatic rings. The van der Waals surface area contributed by atoms with Crippen molar-refractivity contribution >= 4 is 48.3 Å². The first-order valence-electron chi connectivity index (χ1n) is 13.7. The van der Waals surface area contributed by atoms with Gasteiger partial charge in [-0.05, 0) is 0 Å². The molecule has 4 rings (SSSR count). The van der Waals surface area contributed by atoms with Gasteiger partial charge in [0.1, 0.15) is 0 Å². The van der Waals surface area contributed by atoms with E-state index in [0.29, 0.717) is 0 Å². The molecule has 0 aliphatic carbocycles. The van der Waals surface area contributed by atoms with E-state index < -0.39 is 132 Å². The Balaban J connectivity index is 2.36. The molecule has 0 fully saturated rings. The van der Waals surface area contributed by atoms with Crippen LogP contribution in [0.2, 0.25) is 0 Å². The summed E-state index contributed by atoms with van der Waals surface area (Å²) in [5.74, 6) is -46.2. The third-order valence-electron chi connectivity index (χ3n) is 7.43. The molecule has 0 amide bonds. The van der Waals surface area contributed by atoms with Gasteiger partial charge in [-0.1, -0.05) is 0 Å². The molecule has 3 nitrogen and oxygen atoms in total. The van der Waals surface area contributed by atoms with Gasteiger partial charge < -0.3 is 0 Å². The summed E-state index contributed by atoms with van der Waals surface area (Å²) in [6.07, 6.45) is -6.08. The van der Waals surface area contributed by atoms with Crippen LogP contribution in [0.4, 0.5) is 65.9 Å². The molecule has 1 radical (unpaired) electrons. The van der Waals surface area contributed by atoms with Gasteiger partial charge >= 0.3 is 285 Å². The number of halogens is 15. The quantitative estimate of drug-likeness (QED) is 0.0988. The van der Waals surface area contributed by atoms with E-state index in [1.165, 1.54) is 56.2 Å². The van der Waals surface area contributed by atoms with Crippen LogP contribution >= 0.6 is 0 Å². The predicted molar refractivity (Wildman–Crippen MR) is 151 cm³/mol. The monoisotopic (exact) mass is 840 g/mol. The normalized spacial score (nSPS) is 12.2. The van der Waals surface area contributed by atoms with Gasteiger partial charge in [-0.15, -0.1) is 0 Å². The summed E-state index contributed by atoms with van der Waals surface area (Å²) in [4.78, 5) is 3.04. The molecular weight excluding hydrogens is 822 g/mol. The topological polar surface area (TPSA) is 15.7 Å². The van der Waals surface area contributed by atoms with Crippen molar-refractivity contribution in [1.82, 2.24) is 9.80 Å². The van der Waals surface area contributed by atoms with Crippen molar-refractivity contribution in [2.24, 2.45) is 0 Å². The van der Waals surface area contributed by atoms with Gasteiger partial charge in [0.05, 0.1) is 0 Å². The summed E-state index contributed by atoms with van der Waals surface area (Å²) >= 11 is -3.48. The molecule has 0 heterocycles. The van der Waals surface area contributed by atoms with Crippen LogP contribution in [0.5, 0.6) is 0 Å². The molecule has 269 valence electrons. The van der Waals surface area contributed by atoms with Crippen molar-refractivity contribution in [2.75, 3.05) is 28.2 Å². The molecule has 4 aromatic carbocycles. The molecule has 0 unspecified atom stereocenters. The average Bonchev–Trinajstić information content (AvgIpc) is 3.05. The van der Waals surface area contributed by atoms with Crippen LogP contribution in [0.15, 0.2) is 18.2 Å². The summed E-state index contributed by atoms with van der Waals surface area (Å²) in [5, 5.41) is 0. The Morgan fingerprint density at radius 1 is 0.440 bits per heavy atom. The second kappa shape index (κ2) is 14.7. The van der Waals surface area contributed by atoms with Crippen LogP contribution in [0, 0.1) is 87.3 Å². The van der Waals surface area contributed by atoms with Gasteiger partial charge in [-0.25, -0.2) is 0 Å². The number of rotatable bonds is 10. The second-order valence-corrected chi connectivity index (χ2v) is 13.7. The molecule has 0 aromatic heterocycles. The molecule has 0 saturated heterocycles. The second-order valence-electron chi connectivity index (χ2n) is 11.3. The molecule has 0 saturated carbocycles. The molecule has 0 atom stereocenters. The van der Waals surface area contributed by atoms with Crippen molar-refractivity contribution in [3.63, 3.8) is 0 Å². The maximum absolute atomic E-state index is 15.8. The molecule has 0 N–H and O–H groups in total. The first kappa shape index (κ1) is 39.4. The number of hydrogen-bond acceptors (Lipinski definition) is 3. The Morgan fingerprint density at radius 2 is 0.680 bits per heavy atom. The average molecular weight is 841 g/mol. The molecule has 0 bridgehead atoms. The van der Waals surface area contributed by atoms with Gasteiger partial charge in [0.25, 0.3) is 0 Å². The molecule has 50 heavy (non-hydrogen) atoms. The van der Waals surface area contributed by atoms with Crippen molar-refractivity contribution in [3.8, 4) is 0 Å². The third-order valence-corrected chi connectivity index (χ3v) is 10.8. The molecule has 0 aliphatic heterocycles. The van der Waals surface area contributed by atoms with E-state index in [2.05, 4.69) is 0 Å². The number of benzene rings is 4. The van der Waals surface area contributed by atoms with E-state index in [1.807, 2.05) is 0 Å². The fourth-order valence-electron chi connectivity index (χ4n) is 5.36. The zero-order valence-corrected chi connectivity index (χ0v) is 28.2. The van der Waals surface area contributed by atoms with Crippen LogP contribution in [-0.4, -0.2) is 66.4 Å². The van der Waals surface area contributed by atoms with E-state index in [1.54, 1.807) is 0 Å². The minimum atomic E-state index is -6.08. The Morgan fingerprint density at radius 3 is 0.920 bits per heavy atom. The summed E-state index contributed by atoms with van der Waals surface area (Å²) < 4.78 is 232. The first-order valence-corrected chi connectivity index (χ1v) is 16.0. The van der Waals surface area contributed by atoms with Gasteiger partial charge in [-0.2, -0.15) is 0 Å². The summed E-state index contributed by atoms with van der Waals surface area (Å²) in [6, 6.07) is 4.24. The van der Waals surface area contributed by atoms with Gasteiger partial charge in [0.15, 0.2) is 0 Å². The SMILES string of the molecule is CN(C)Cc1cccc(CN(C)C)[c]1[Sb][O][B-](c1c(F)c(F)c(F)c(F)c1F)(c1c(F)c(F)c(F)c(F)c1F)c1c(F)c(F)c(F)c(F)c1F. The van der Waals surface area contributed by atoms with Gasteiger partial charge in [-0.3, -0.25) is 0 Å². The van der Waals surface area contributed by atoms with Crippen molar-refractivity contribution in [3.05, 3.63) is 117 Å². The first-order chi connectivity index (χ1) is 23.2. The fourth-order valence-corrected chi connectivity index (χ4v) is 8.51. The Kier molecular flexibility index (Phi) is 11.6.